The van der Waals surface area contributed by atoms with Crippen LogP contribution in [0.4, 0.5) is 5.69 Å². The number of aromatic amines is 2. The first-order chi connectivity index (χ1) is 18.0. The maximum Gasteiger partial charge on any atom is 0.261 e. The number of imidazole rings is 1. The molecule has 0 radical (unpaired) electrons. The van der Waals surface area contributed by atoms with Crippen molar-refractivity contribution < 1.29 is 9.59 Å². The standard InChI is InChI=1S/C28H28N6O3/c1-33-13-9-18(10-14-33)34-27(36)19-15-22-23(16-20(19)28(34)37)32-25(31-22)24-21(8-12-30-26(24)35)29-11-7-17-5-3-2-4-6-17/h2-6,8,12,15-16,18H,7,9-11,13-14H2,1H3,(H,31,32)(H2,29,30,35). The van der Waals surface area contributed by atoms with Crippen molar-refractivity contribution in [2.45, 2.75) is 25.3 Å². The number of piperidine rings is 1. The van der Waals surface area contributed by atoms with E-state index in [9.17, 15) is 14.4 Å². The Kier molecular flexibility index (Phi) is 5.84. The lowest BCUT2D eigenvalue weighted by atomic mass is 10.0. The van der Waals surface area contributed by atoms with Gasteiger partial charge in [-0.25, -0.2) is 4.98 Å². The molecule has 1 saturated heterocycles. The van der Waals surface area contributed by atoms with E-state index in [1.165, 1.54) is 10.5 Å². The van der Waals surface area contributed by atoms with Gasteiger partial charge in [-0.05, 0) is 63.2 Å². The number of benzene rings is 2. The highest BCUT2D eigenvalue weighted by Crippen LogP contribution is 2.32. The summed E-state index contributed by atoms with van der Waals surface area (Å²) >= 11 is 0. The second-order valence-corrected chi connectivity index (χ2v) is 9.77. The number of imide groups is 1. The van der Waals surface area contributed by atoms with E-state index in [4.69, 9.17) is 0 Å². The first-order valence-corrected chi connectivity index (χ1v) is 12.6. The number of amides is 2. The first-order valence-electron chi connectivity index (χ1n) is 12.6. The molecule has 9 heteroatoms. The molecular weight excluding hydrogens is 468 g/mol. The number of nitrogens with one attached hydrogen (secondary N) is 3. The number of carbonyl (C=O) groups excluding carboxylic acids is 2. The van der Waals surface area contributed by atoms with Crippen molar-refractivity contribution in [2.24, 2.45) is 0 Å². The van der Waals surface area contributed by atoms with E-state index in [-0.39, 0.29) is 23.4 Å². The Morgan fingerprint density at radius 2 is 1.73 bits per heavy atom. The van der Waals surface area contributed by atoms with Gasteiger partial charge in [0.2, 0.25) is 0 Å². The van der Waals surface area contributed by atoms with Crippen LogP contribution in [0.2, 0.25) is 0 Å². The van der Waals surface area contributed by atoms with Crippen LogP contribution in [0.3, 0.4) is 0 Å². The number of hydrogen-bond acceptors (Lipinski definition) is 6. The fourth-order valence-electron chi connectivity index (χ4n) is 5.31. The molecule has 4 heterocycles. The quantitative estimate of drug-likeness (QED) is 0.353. The molecule has 2 aromatic carbocycles. The van der Waals surface area contributed by atoms with Crippen LogP contribution in [0.5, 0.6) is 0 Å². The Hall–Kier alpha value is -4.24. The molecule has 6 rings (SSSR count). The minimum Gasteiger partial charge on any atom is -0.384 e. The Morgan fingerprint density at radius 1 is 1.00 bits per heavy atom. The number of aromatic nitrogens is 3. The number of H-pyrrole nitrogens is 2. The molecule has 0 aliphatic carbocycles. The summed E-state index contributed by atoms with van der Waals surface area (Å²) in [4.78, 5) is 53.5. The zero-order valence-corrected chi connectivity index (χ0v) is 20.6. The van der Waals surface area contributed by atoms with Crippen molar-refractivity contribution in [3.8, 4) is 11.4 Å². The Labute approximate surface area is 213 Å². The van der Waals surface area contributed by atoms with E-state index < -0.39 is 0 Å². The Morgan fingerprint density at radius 3 is 2.49 bits per heavy atom. The highest BCUT2D eigenvalue weighted by Gasteiger charge is 2.41. The van der Waals surface area contributed by atoms with Crippen molar-refractivity contribution >= 4 is 28.5 Å². The molecule has 2 aliphatic heterocycles. The summed E-state index contributed by atoms with van der Waals surface area (Å²) in [5, 5.41) is 3.35. The van der Waals surface area contributed by atoms with Crippen LogP contribution < -0.4 is 10.9 Å². The molecule has 0 saturated carbocycles. The second kappa shape index (κ2) is 9.33. The molecule has 1 fully saturated rings. The fraction of sp³-hybridized carbons (Fsp3) is 0.286. The van der Waals surface area contributed by atoms with Gasteiger partial charge in [-0.3, -0.25) is 19.3 Å². The summed E-state index contributed by atoms with van der Waals surface area (Å²) in [5.41, 5.74) is 3.87. The largest absolute Gasteiger partial charge is 0.384 e. The third-order valence-corrected chi connectivity index (χ3v) is 7.34. The molecule has 9 nitrogen and oxygen atoms in total. The van der Waals surface area contributed by atoms with Gasteiger partial charge in [0.05, 0.1) is 27.8 Å². The van der Waals surface area contributed by atoms with Gasteiger partial charge in [0.1, 0.15) is 11.4 Å². The fourth-order valence-corrected chi connectivity index (χ4v) is 5.31. The molecule has 2 aromatic heterocycles. The SMILES string of the molecule is CN1CCC(N2C(=O)c3cc4nc(-c5c(NCCc6ccccc6)cc[nH]c5=O)[nH]c4cc3C2=O)CC1. The van der Waals surface area contributed by atoms with E-state index in [0.717, 1.165) is 32.4 Å². The summed E-state index contributed by atoms with van der Waals surface area (Å²) in [6.07, 6.45) is 3.96. The van der Waals surface area contributed by atoms with Crippen molar-refractivity contribution in [3.05, 3.63) is 81.8 Å². The normalized spacial score (nSPS) is 16.5. The van der Waals surface area contributed by atoms with E-state index in [1.54, 1.807) is 24.4 Å². The van der Waals surface area contributed by atoms with Gasteiger partial charge < -0.3 is 20.2 Å². The smallest absolute Gasteiger partial charge is 0.261 e. The van der Waals surface area contributed by atoms with Gasteiger partial charge >= 0.3 is 0 Å². The van der Waals surface area contributed by atoms with Crippen molar-refractivity contribution in [1.29, 1.82) is 0 Å². The first kappa shape index (κ1) is 23.2. The average molecular weight is 497 g/mol. The van der Waals surface area contributed by atoms with Crippen LogP contribution in [0, 0.1) is 0 Å². The van der Waals surface area contributed by atoms with E-state index in [0.29, 0.717) is 45.8 Å². The van der Waals surface area contributed by atoms with Crippen molar-refractivity contribution in [1.82, 2.24) is 24.8 Å². The summed E-state index contributed by atoms with van der Waals surface area (Å²) in [5.74, 6) is -0.134. The minimum absolute atomic E-state index is 0.0853. The maximum atomic E-state index is 13.2. The van der Waals surface area contributed by atoms with Gasteiger partial charge in [-0.15, -0.1) is 0 Å². The number of carbonyl (C=O) groups is 2. The van der Waals surface area contributed by atoms with Crippen LogP contribution >= 0.6 is 0 Å². The predicted molar refractivity (Wildman–Crippen MR) is 142 cm³/mol. The molecule has 4 aromatic rings. The lowest BCUT2D eigenvalue weighted by Gasteiger charge is -2.33. The number of pyridine rings is 1. The van der Waals surface area contributed by atoms with Crippen LogP contribution in [0.1, 0.15) is 39.1 Å². The van der Waals surface area contributed by atoms with Gasteiger partial charge in [0, 0.05) is 18.8 Å². The van der Waals surface area contributed by atoms with Crippen molar-refractivity contribution in [2.75, 3.05) is 32.0 Å². The summed E-state index contributed by atoms with van der Waals surface area (Å²) < 4.78 is 0. The number of hydrogen-bond donors (Lipinski definition) is 3. The van der Waals surface area contributed by atoms with E-state index in [2.05, 4.69) is 37.3 Å². The van der Waals surface area contributed by atoms with Gasteiger partial charge in [-0.1, -0.05) is 30.3 Å². The zero-order chi connectivity index (χ0) is 25.5. The van der Waals surface area contributed by atoms with Crippen molar-refractivity contribution in [3.63, 3.8) is 0 Å². The monoisotopic (exact) mass is 496 g/mol. The molecular formula is C28H28N6O3. The summed E-state index contributed by atoms with van der Waals surface area (Å²) in [6, 6.07) is 15.2. The van der Waals surface area contributed by atoms with E-state index in [1.807, 2.05) is 25.2 Å². The minimum atomic E-state index is -0.281. The average Bonchev–Trinajstić information content (AvgIpc) is 3.42. The van der Waals surface area contributed by atoms with Gasteiger partial charge in [0.15, 0.2) is 0 Å². The van der Waals surface area contributed by atoms with Gasteiger partial charge in [-0.2, -0.15) is 0 Å². The molecule has 37 heavy (non-hydrogen) atoms. The zero-order valence-electron chi connectivity index (χ0n) is 20.6. The molecule has 0 atom stereocenters. The maximum absolute atomic E-state index is 13.2. The second-order valence-electron chi connectivity index (χ2n) is 9.77. The summed E-state index contributed by atoms with van der Waals surface area (Å²) in [7, 11) is 2.05. The number of anilines is 1. The molecule has 188 valence electrons. The molecule has 3 N–H and O–H groups in total. The number of likely N-dealkylation sites (tertiary alicyclic amines) is 1. The molecule has 0 unspecified atom stereocenters. The Balaban J connectivity index is 1.29. The number of fused-ring (bicyclic) bond motifs is 2. The highest BCUT2D eigenvalue weighted by atomic mass is 16.2. The molecule has 2 aliphatic rings. The predicted octanol–water partition coefficient (Wildman–Crippen LogP) is 3.26. The lowest BCUT2D eigenvalue weighted by Crippen LogP contribution is -2.46. The van der Waals surface area contributed by atoms with Crippen LogP contribution in [-0.2, 0) is 6.42 Å². The third kappa shape index (κ3) is 4.21. The van der Waals surface area contributed by atoms with Crippen LogP contribution in [0.25, 0.3) is 22.4 Å². The third-order valence-electron chi connectivity index (χ3n) is 7.34. The molecule has 2 amide bonds. The Bertz CT molecular complexity index is 1500. The number of nitrogens with zero attached hydrogens (tertiary/aromatic N) is 3. The highest BCUT2D eigenvalue weighted by molar-refractivity contribution is 6.23. The molecule has 0 spiro atoms. The summed E-state index contributed by atoms with van der Waals surface area (Å²) in [6.45, 7) is 2.36. The van der Waals surface area contributed by atoms with Crippen LogP contribution in [-0.4, -0.2) is 69.3 Å². The van der Waals surface area contributed by atoms with Crippen LogP contribution in [0.15, 0.2) is 59.5 Å². The molecule has 0 bridgehead atoms. The topological polar surface area (TPSA) is 114 Å². The van der Waals surface area contributed by atoms with E-state index >= 15 is 0 Å². The lowest BCUT2D eigenvalue weighted by molar-refractivity contribution is 0.0516. The number of rotatable bonds is 6. The van der Waals surface area contributed by atoms with Gasteiger partial charge in [0.25, 0.3) is 17.4 Å².